The lowest BCUT2D eigenvalue weighted by atomic mass is 10.0. The number of fused-ring (bicyclic) bond motifs is 1. The van der Waals surface area contributed by atoms with Gasteiger partial charge in [0, 0.05) is 40.5 Å². The van der Waals surface area contributed by atoms with Crippen LogP contribution in [0.3, 0.4) is 0 Å². The first-order chi connectivity index (χ1) is 18.3. The summed E-state index contributed by atoms with van der Waals surface area (Å²) in [4.78, 5) is 42.0. The van der Waals surface area contributed by atoms with E-state index in [1.54, 1.807) is 0 Å². The van der Waals surface area contributed by atoms with Crippen LogP contribution in [0.4, 0.5) is 30.2 Å². The zero-order valence-corrected chi connectivity index (χ0v) is 22.5. The van der Waals surface area contributed by atoms with Gasteiger partial charge < -0.3 is 20.4 Å². The van der Waals surface area contributed by atoms with Crippen LogP contribution in [0.25, 0.3) is 0 Å². The molecular weight excluding hydrogens is 556 g/mol. The Labute approximate surface area is 232 Å². The highest BCUT2D eigenvalue weighted by molar-refractivity contribution is 6.35. The molecule has 204 valence electrons. The minimum absolute atomic E-state index is 0.0515. The third kappa shape index (κ3) is 5.97. The zero-order chi connectivity index (χ0) is 28.6. The Morgan fingerprint density at radius 3 is 2.08 bits per heavy atom. The van der Waals surface area contributed by atoms with Crippen LogP contribution in [0.2, 0.25) is 10.0 Å². The number of nitrogens with one attached hydrogen (secondary N) is 2. The van der Waals surface area contributed by atoms with E-state index >= 15 is 0 Å². The Hall–Kier alpha value is -3.76. The molecule has 0 saturated heterocycles. The summed E-state index contributed by atoms with van der Waals surface area (Å²) in [7, 11) is 1.37. The van der Waals surface area contributed by atoms with Crippen molar-refractivity contribution in [3.05, 3.63) is 87.7 Å². The number of benzene rings is 3. The number of rotatable bonds is 5. The predicted molar refractivity (Wildman–Crippen MR) is 143 cm³/mol. The van der Waals surface area contributed by atoms with E-state index in [-0.39, 0.29) is 33.5 Å². The normalized spacial score (nSPS) is 15.5. The van der Waals surface area contributed by atoms with E-state index in [2.05, 4.69) is 10.6 Å². The number of nitrogens with zero attached hydrogens (tertiary/aromatic N) is 2. The quantitative estimate of drug-likeness (QED) is 0.435. The molecule has 0 bridgehead atoms. The average molecular weight is 579 g/mol. The molecule has 39 heavy (non-hydrogen) atoms. The van der Waals surface area contributed by atoms with E-state index in [0.717, 1.165) is 29.2 Å². The number of hydrogen-bond donors (Lipinski definition) is 2. The molecule has 7 nitrogen and oxygen atoms in total. The molecule has 3 aromatic rings. The Morgan fingerprint density at radius 1 is 0.923 bits per heavy atom. The smallest absolute Gasteiger partial charge is 0.252 e. The van der Waals surface area contributed by atoms with Crippen LogP contribution < -0.4 is 20.4 Å². The number of carbonyl (C=O) groups is 3. The van der Waals surface area contributed by atoms with Crippen LogP contribution in [0, 0.1) is 17.5 Å². The highest BCUT2D eigenvalue weighted by Crippen LogP contribution is 2.40. The zero-order valence-electron chi connectivity index (χ0n) is 21.0. The van der Waals surface area contributed by atoms with Crippen molar-refractivity contribution in [1.29, 1.82) is 0 Å². The van der Waals surface area contributed by atoms with Crippen LogP contribution in [0.5, 0.6) is 0 Å². The first-order valence-electron chi connectivity index (χ1n) is 11.7. The summed E-state index contributed by atoms with van der Waals surface area (Å²) in [5.74, 6) is -4.78. The summed E-state index contributed by atoms with van der Waals surface area (Å²) >= 11 is 12.4. The molecular formula is C27H23Cl2F3N4O3. The van der Waals surface area contributed by atoms with Crippen molar-refractivity contribution >= 4 is 58.0 Å². The van der Waals surface area contributed by atoms with Gasteiger partial charge in [0.25, 0.3) is 11.8 Å². The van der Waals surface area contributed by atoms with Gasteiger partial charge in [-0.2, -0.15) is 0 Å². The lowest BCUT2D eigenvalue weighted by Crippen LogP contribution is -2.60. The van der Waals surface area contributed by atoms with Gasteiger partial charge in [0.15, 0.2) is 11.6 Å². The van der Waals surface area contributed by atoms with Gasteiger partial charge >= 0.3 is 0 Å². The Balaban J connectivity index is 1.66. The fourth-order valence-corrected chi connectivity index (χ4v) is 4.64. The van der Waals surface area contributed by atoms with Gasteiger partial charge in [-0.25, -0.2) is 13.2 Å². The van der Waals surface area contributed by atoms with Gasteiger partial charge in [0.2, 0.25) is 5.91 Å². The van der Waals surface area contributed by atoms with Gasteiger partial charge in [-0.3, -0.25) is 14.4 Å². The van der Waals surface area contributed by atoms with E-state index in [9.17, 15) is 27.6 Å². The van der Waals surface area contributed by atoms with Crippen molar-refractivity contribution in [2.45, 2.75) is 25.4 Å². The van der Waals surface area contributed by atoms with Gasteiger partial charge in [-0.1, -0.05) is 23.2 Å². The van der Waals surface area contributed by atoms with Gasteiger partial charge in [0.1, 0.15) is 17.4 Å². The second-order valence-corrected chi connectivity index (χ2v) is 10.4. The second-order valence-electron chi connectivity index (χ2n) is 9.50. The van der Waals surface area contributed by atoms with Crippen LogP contribution in [0.15, 0.2) is 54.6 Å². The minimum atomic E-state index is -1.51. The van der Waals surface area contributed by atoms with Crippen LogP contribution in [-0.2, 0) is 9.59 Å². The molecule has 1 heterocycles. The Morgan fingerprint density at radius 2 is 1.49 bits per heavy atom. The molecule has 1 aliphatic rings. The maximum Gasteiger partial charge on any atom is 0.252 e. The summed E-state index contributed by atoms with van der Waals surface area (Å²) in [5, 5.41) is 5.73. The predicted octanol–water partition coefficient (Wildman–Crippen LogP) is 5.22. The number of amides is 3. The number of anilines is 3. The summed E-state index contributed by atoms with van der Waals surface area (Å²) in [6.07, 6.45) is 0. The monoisotopic (exact) mass is 578 g/mol. The molecule has 1 aliphatic heterocycles. The largest absolute Gasteiger partial charge is 0.341 e. The average Bonchev–Trinajstić information content (AvgIpc) is 2.94. The molecule has 12 heteroatoms. The summed E-state index contributed by atoms with van der Waals surface area (Å²) in [6, 6.07) is 9.92. The molecule has 0 radical (unpaired) electrons. The van der Waals surface area contributed by atoms with E-state index in [1.807, 2.05) is 0 Å². The Bertz CT molecular complexity index is 1450. The fourth-order valence-electron chi connectivity index (χ4n) is 4.12. The first-order valence-corrected chi connectivity index (χ1v) is 12.4. The molecule has 0 aliphatic carbocycles. The van der Waals surface area contributed by atoms with E-state index in [0.29, 0.717) is 5.69 Å². The van der Waals surface area contributed by atoms with Gasteiger partial charge in [-0.15, -0.1) is 0 Å². The standard InChI is InChI=1S/C27H23Cl2F3N4O3/c1-27(2,34-24(37)14-4-6-17(30)7-5-14)26(39)33-21-13-36(18-9-15(28)8-16(29)10-18)23-12-20(32)19(31)11-22(23)35(3)25(21)38/h4-12,21H,13H2,1-3H3,(H,33,39)(H,34,37)/t21-/m1/s1. The molecule has 2 N–H and O–H groups in total. The van der Waals surface area contributed by atoms with Crippen LogP contribution in [-0.4, -0.2) is 42.9 Å². The highest BCUT2D eigenvalue weighted by atomic mass is 35.5. The minimum Gasteiger partial charge on any atom is -0.341 e. The number of likely N-dealkylation sites (N-methyl/N-ethyl adjacent to an activating group) is 1. The lowest BCUT2D eigenvalue weighted by molar-refractivity contribution is -0.130. The SMILES string of the molecule is CN1C(=O)[C@H](NC(=O)C(C)(C)NC(=O)c2ccc(F)cc2)CN(c2cc(Cl)cc(Cl)c2)c2cc(F)c(F)cc21. The third-order valence-corrected chi connectivity index (χ3v) is 6.66. The molecule has 4 rings (SSSR count). The number of halogens is 5. The van der Waals surface area contributed by atoms with Gasteiger partial charge in [0.05, 0.1) is 17.9 Å². The number of carbonyl (C=O) groups excluding carboxylic acids is 3. The summed E-state index contributed by atoms with van der Waals surface area (Å²) in [5.41, 5.74) is -0.817. The van der Waals surface area contributed by atoms with Crippen molar-refractivity contribution in [1.82, 2.24) is 10.6 Å². The van der Waals surface area contributed by atoms with Crippen molar-refractivity contribution in [2.75, 3.05) is 23.4 Å². The summed E-state index contributed by atoms with van der Waals surface area (Å²) < 4.78 is 41.8. The van der Waals surface area contributed by atoms with E-state index in [4.69, 9.17) is 23.2 Å². The van der Waals surface area contributed by atoms with Crippen molar-refractivity contribution in [3.8, 4) is 0 Å². The Kier molecular flexibility index (Phi) is 7.81. The molecule has 1 atom stereocenters. The molecule has 3 amide bonds. The molecule has 0 aromatic heterocycles. The first kappa shape index (κ1) is 28.3. The van der Waals surface area contributed by atoms with E-state index < -0.39 is 46.8 Å². The van der Waals surface area contributed by atoms with Gasteiger partial charge in [-0.05, 0) is 56.3 Å². The molecule has 0 fully saturated rings. The highest BCUT2D eigenvalue weighted by Gasteiger charge is 2.38. The second kappa shape index (κ2) is 10.8. The fraction of sp³-hybridized carbons (Fsp3) is 0.222. The number of hydrogen-bond acceptors (Lipinski definition) is 4. The molecule has 0 saturated carbocycles. The molecule has 0 spiro atoms. The van der Waals surface area contributed by atoms with Crippen molar-refractivity contribution in [2.24, 2.45) is 0 Å². The van der Waals surface area contributed by atoms with Crippen LogP contribution in [0.1, 0.15) is 24.2 Å². The maximum atomic E-state index is 14.4. The summed E-state index contributed by atoms with van der Waals surface area (Å²) in [6.45, 7) is 2.66. The topological polar surface area (TPSA) is 81.8 Å². The van der Waals surface area contributed by atoms with Crippen molar-refractivity contribution < 1.29 is 27.6 Å². The van der Waals surface area contributed by atoms with Crippen molar-refractivity contribution in [3.63, 3.8) is 0 Å². The third-order valence-electron chi connectivity index (χ3n) is 6.23. The lowest BCUT2D eigenvalue weighted by Gasteiger charge is -2.30. The van der Waals surface area contributed by atoms with E-state index in [1.165, 1.54) is 56.1 Å². The molecule has 0 unspecified atom stereocenters. The maximum absolute atomic E-state index is 14.4. The molecule has 3 aromatic carbocycles. The van der Waals surface area contributed by atoms with Crippen LogP contribution >= 0.6 is 23.2 Å².